The first kappa shape index (κ1) is 22.4. The van der Waals surface area contributed by atoms with Crippen molar-refractivity contribution < 1.29 is 0 Å². The Labute approximate surface area is 193 Å². The second-order valence-corrected chi connectivity index (χ2v) is 8.95. The smallest absolute Gasteiger partial charge is 0.0738 e. The number of likely N-dealkylation sites (tertiary alicyclic amines) is 1. The fourth-order valence-corrected chi connectivity index (χ4v) is 4.99. The van der Waals surface area contributed by atoms with Crippen LogP contribution in [0, 0.1) is 6.92 Å². The minimum Gasteiger partial charge on any atom is -0.356 e. The molecule has 0 saturated carbocycles. The van der Waals surface area contributed by atoms with Gasteiger partial charge in [-0.2, -0.15) is 0 Å². The number of allylic oxidation sites excluding steroid dienone is 4. The zero-order chi connectivity index (χ0) is 23.0. The van der Waals surface area contributed by atoms with E-state index >= 15 is 0 Å². The largest absolute Gasteiger partial charge is 0.356 e. The third kappa shape index (κ3) is 3.80. The maximum Gasteiger partial charge on any atom is 0.0738 e. The van der Waals surface area contributed by atoms with Gasteiger partial charge in [0.05, 0.1) is 17.1 Å². The Hall–Kier alpha value is -2.78. The SMILES string of the molecule is C=C=C(C)C1=CN2C(=C(CN3CC(NCC)C3)Nc3cc2c(CC)cc3C)/C(=C\C)C1=C. The molecule has 1 fully saturated rings. The zero-order valence-corrected chi connectivity index (χ0v) is 20.2. The number of nitrogens with zero attached hydrogens (tertiary/aromatic N) is 2. The Bertz CT molecular complexity index is 1090. The van der Waals surface area contributed by atoms with Gasteiger partial charge in [-0.15, -0.1) is 5.73 Å². The number of aryl methyl sites for hydroxylation is 2. The highest BCUT2D eigenvalue weighted by Gasteiger charge is 2.34. The zero-order valence-electron chi connectivity index (χ0n) is 20.2. The van der Waals surface area contributed by atoms with Crippen molar-refractivity contribution in [2.45, 2.75) is 47.1 Å². The van der Waals surface area contributed by atoms with Crippen LogP contribution in [0.15, 0.2) is 77.0 Å². The summed E-state index contributed by atoms with van der Waals surface area (Å²) in [5.41, 5.74) is 14.9. The molecule has 2 N–H and O–H groups in total. The highest BCUT2D eigenvalue weighted by atomic mass is 15.3. The van der Waals surface area contributed by atoms with E-state index in [4.69, 9.17) is 0 Å². The summed E-state index contributed by atoms with van der Waals surface area (Å²) in [6.45, 7) is 23.2. The van der Waals surface area contributed by atoms with E-state index < -0.39 is 0 Å². The van der Waals surface area contributed by atoms with Gasteiger partial charge >= 0.3 is 0 Å². The molecule has 3 heterocycles. The molecule has 1 aromatic carbocycles. The Balaban J connectivity index is 1.87. The van der Waals surface area contributed by atoms with Gasteiger partial charge in [-0.05, 0) is 62.1 Å². The molecule has 4 rings (SSSR count). The van der Waals surface area contributed by atoms with Crippen LogP contribution in [-0.2, 0) is 6.42 Å². The van der Waals surface area contributed by atoms with Crippen LogP contribution in [-0.4, -0.2) is 37.1 Å². The lowest BCUT2D eigenvalue weighted by molar-refractivity contribution is 0.141. The summed E-state index contributed by atoms with van der Waals surface area (Å²) >= 11 is 0. The van der Waals surface area contributed by atoms with E-state index in [9.17, 15) is 0 Å². The molecule has 2 bridgehead atoms. The molecule has 3 aliphatic heterocycles. The number of rotatable bonds is 6. The highest BCUT2D eigenvalue weighted by molar-refractivity contribution is 5.81. The van der Waals surface area contributed by atoms with E-state index in [1.165, 1.54) is 39.5 Å². The van der Waals surface area contributed by atoms with Gasteiger partial charge in [-0.25, -0.2) is 0 Å². The van der Waals surface area contributed by atoms with E-state index in [-0.39, 0.29) is 0 Å². The molecule has 32 heavy (non-hydrogen) atoms. The molecule has 3 aliphatic rings. The molecular weight excluding hydrogens is 392 g/mol. The van der Waals surface area contributed by atoms with Crippen LogP contribution in [0.2, 0.25) is 0 Å². The monoisotopic (exact) mass is 428 g/mol. The number of fused-ring (bicyclic) bond motifs is 4. The normalized spacial score (nSPS) is 19.8. The number of benzene rings is 1. The lowest BCUT2D eigenvalue weighted by Crippen LogP contribution is -2.58. The van der Waals surface area contributed by atoms with Crippen LogP contribution in [0.1, 0.15) is 38.8 Å². The predicted molar refractivity (Wildman–Crippen MR) is 137 cm³/mol. The Morgan fingerprint density at radius 3 is 2.69 bits per heavy atom. The molecule has 0 amide bonds. The second-order valence-electron chi connectivity index (χ2n) is 8.95. The van der Waals surface area contributed by atoms with Gasteiger partial charge in [0.2, 0.25) is 0 Å². The molecule has 168 valence electrons. The van der Waals surface area contributed by atoms with Crippen molar-refractivity contribution in [2.24, 2.45) is 0 Å². The van der Waals surface area contributed by atoms with Gasteiger partial charge in [0.1, 0.15) is 0 Å². The molecule has 0 aromatic heterocycles. The molecule has 1 aromatic rings. The Kier molecular flexibility index (Phi) is 6.30. The Morgan fingerprint density at radius 1 is 1.31 bits per heavy atom. The van der Waals surface area contributed by atoms with Gasteiger partial charge in [0, 0.05) is 48.7 Å². The second kappa shape index (κ2) is 8.99. The summed E-state index contributed by atoms with van der Waals surface area (Å²) in [6.07, 6.45) is 5.41. The number of hydrogen-bond acceptors (Lipinski definition) is 4. The number of hydrogen-bond donors (Lipinski definition) is 2. The van der Waals surface area contributed by atoms with E-state index in [1.807, 2.05) is 0 Å². The molecule has 0 spiro atoms. The molecule has 4 heteroatoms. The van der Waals surface area contributed by atoms with Crippen LogP contribution in [0.5, 0.6) is 0 Å². The van der Waals surface area contributed by atoms with Crippen LogP contribution < -0.4 is 15.5 Å². The molecule has 0 atom stereocenters. The van der Waals surface area contributed by atoms with Crippen molar-refractivity contribution in [3.63, 3.8) is 0 Å². The fraction of sp³-hybridized carbons (Fsp3) is 0.393. The van der Waals surface area contributed by atoms with Crippen molar-refractivity contribution in [2.75, 3.05) is 36.4 Å². The lowest BCUT2D eigenvalue weighted by Gasteiger charge is -2.41. The van der Waals surface area contributed by atoms with Crippen molar-refractivity contribution in [1.29, 1.82) is 0 Å². The first-order chi connectivity index (χ1) is 15.4. The number of nitrogens with one attached hydrogen (secondary N) is 2. The molecular formula is C28H36N4. The predicted octanol–water partition coefficient (Wildman–Crippen LogP) is 5.43. The summed E-state index contributed by atoms with van der Waals surface area (Å²) in [4.78, 5) is 4.88. The van der Waals surface area contributed by atoms with Crippen molar-refractivity contribution in [1.82, 2.24) is 10.2 Å². The van der Waals surface area contributed by atoms with Crippen LogP contribution >= 0.6 is 0 Å². The Morgan fingerprint density at radius 2 is 2.06 bits per heavy atom. The first-order valence-electron chi connectivity index (χ1n) is 11.8. The van der Waals surface area contributed by atoms with E-state index in [0.717, 1.165) is 49.3 Å². The molecule has 0 radical (unpaired) electrons. The molecule has 1 saturated heterocycles. The van der Waals surface area contributed by atoms with E-state index in [0.29, 0.717) is 6.04 Å². The minimum atomic E-state index is 0.594. The van der Waals surface area contributed by atoms with Crippen molar-refractivity contribution >= 4 is 11.4 Å². The maximum absolute atomic E-state index is 4.48. The van der Waals surface area contributed by atoms with Gasteiger partial charge in [-0.1, -0.05) is 39.1 Å². The van der Waals surface area contributed by atoms with Crippen molar-refractivity contribution in [3.05, 3.63) is 88.1 Å². The fourth-order valence-electron chi connectivity index (χ4n) is 4.99. The van der Waals surface area contributed by atoms with Gasteiger partial charge in [0.25, 0.3) is 0 Å². The first-order valence-corrected chi connectivity index (χ1v) is 11.8. The summed E-state index contributed by atoms with van der Waals surface area (Å²) in [6, 6.07) is 5.23. The molecule has 0 unspecified atom stereocenters. The third-order valence-corrected chi connectivity index (χ3v) is 6.83. The highest BCUT2D eigenvalue weighted by Crippen LogP contribution is 2.44. The van der Waals surface area contributed by atoms with Crippen molar-refractivity contribution in [3.8, 4) is 0 Å². The van der Waals surface area contributed by atoms with Crippen LogP contribution in [0.4, 0.5) is 11.4 Å². The van der Waals surface area contributed by atoms with Crippen LogP contribution in [0.3, 0.4) is 0 Å². The van der Waals surface area contributed by atoms with Crippen LogP contribution in [0.25, 0.3) is 0 Å². The number of likely N-dealkylation sites (N-methyl/N-ethyl adjacent to an activating group) is 1. The average molecular weight is 429 g/mol. The minimum absolute atomic E-state index is 0.594. The van der Waals surface area contributed by atoms with Gasteiger partial charge in [0.15, 0.2) is 0 Å². The van der Waals surface area contributed by atoms with E-state index in [2.05, 4.69) is 98.3 Å². The topological polar surface area (TPSA) is 30.5 Å². The molecule has 0 aliphatic carbocycles. The van der Waals surface area contributed by atoms with E-state index in [1.54, 1.807) is 0 Å². The average Bonchev–Trinajstić information content (AvgIpc) is 2.90. The standard InChI is InChI=1S/C28H36N4/c1-8-18(5)24-16-32-27-13-25(19(6)12-21(27)9-2)30-26(28(32)23(10-3)20(24)7)17-31-14-22(15-31)29-11-4/h10,12-13,16,22,29-30H,1,7,9,11,14-15,17H2,2-6H3/b23-10-. The summed E-state index contributed by atoms with van der Waals surface area (Å²) in [5, 5.41) is 7.38. The lowest BCUT2D eigenvalue weighted by atomic mass is 9.88. The quantitative estimate of drug-likeness (QED) is 0.592. The summed E-state index contributed by atoms with van der Waals surface area (Å²) in [7, 11) is 0. The maximum atomic E-state index is 4.48. The van der Waals surface area contributed by atoms with Gasteiger partial charge in [-0.3, -0.25) is 4.90 Å². The number of anilines is 2. The third-order valence-electron chi connectivity index (χ3n) is 6.83. The summed E-state index contributed by atoms with van der Waals surface area (Å²) in [5.74, 6) is 0. The summed E-state index contributed by atoms with van der Waals surface area (Å²) < 4.78 is 0. The molecule has 4 nitrogen and oxygen atoms in total. The van der Waals surface area contributed by atoms with Gasteiger partial charge < -0.3 is 15.5 Å².